The highest BCUT2D eigenvalue weighted by Crippen LogP contribution is 2.10. The van der Waals surface area contributed by atoms with E-state index in [1.54, 1.807) is 0 Å². The molecule has 97 valence electrons. The maximum atomic E-state index is 6.58. The van der Waals surface area contributed by atoms with Crippen molar-refractivity contribution in [2.24, 2.45) is 0 Å². The predicted octanol–water partition coefficient (Wildman–Crippen LogP) is 4.89. The van der Waals surface area contributed by atoms with Gasteiger partial charge in [-0.2, -0.15) is 0 Å². The Morgan fingerprint density at radius 2 is 1.22 bits per heavy atom. The minimum atomic E-state index is 0.934. The quantitative estimate of drug-likeness (QED) is 0.377. The fourth-order valence-corrected chi connectivity index (χ4v) is 1.87. The standard InChI is InChI=1S/C18H25/c1-3-5-7-9-11-13-15-17-18-16-14-12-10-8-6-4-2/h3,5,7,9,11,13-18H2,1H3. The highest BCUT2D eigenvalue weighted by atomic mass is 14.0. The minimum absolute atomic E-state index is 0.934. The van der Waals surface area contributed by atoms with Crippen molar-refractivity contribution in [3.05, 3.63) is 6.42 Å². The van der Waals surface area contributed by atoms with Crippen LogP contribution in [0.2, 0.25) is 0 Å². The smallest absolute Gasteiger partial charge is 0.00989 e. The maximum absolute atomic E-state index is 6.58. The topological polar surface area (TPSA) is 0 Å². The Kier molecular flexibility index (Phi) is 14.5. The highest BCUT2D eigenvalue weighted by molar-refractivity contribution is 5.32. The highest BCUT2D eigenvalue weighted by Gasteiger charge is 1.91. The van der Waals surface area contributed by atoms with Crippen molar-refractivity contribution in [1.82, 2.24) is 0 Å². The summed E-state index contributed by atoms with van der Waals surface area (Å²) in [7, 11) is 0. The fraction of sp³-hybridized carbons (Fsp3) is 0.667. The van der Waals surface area contributed by atoms with E-state index in [1.165, 1.54) is 64.2 Å². The zero-order valence-corrected chi connectivity index (χ0v) is 11.8. The molecule has 0 aromatic heterocycles. The molecule has 0 unspecified atom stereocenters. The van der Waals surface area contributed by atoms with Gasteiger partial charge in [-0.1, -0.05) is 70.6 Å². The second-order valence-corrected chi connectivity index (χ2v) is 4.61. The van der Waals surface area contributed by atoms with Gasteiger partial charge in [0.15, 0.2) is 0 Å². The van der Waals surface area contributed by atoms with Crippen molar-refractivity contribution in [1.29, 1.82) is 0 Å². The van der Waals surface area contributed by atoms with E-state index in [0.717, 1.165) is 6.42 Å². The van der Waals surface area contributed by atoms with Gasteiger partial charge in [0.1, 0.15) is 0 Å². The summed E-state index contributed by atoms with van der Waals surface area (Å²) in [5, 5.41) is 0. The first-order valence-electron chi connectivity index (χ1n) is 7.31. The van der Waals surface area contributed by atoms with Crippen molar-refractivity contribution in [3.8, 4) is 29.6 Å². The molecule has 0 rings (SSSR count). The summed E-state index contributed by atoms with van der Waals surface area (Å²) < 4.78 is 0. The lowest BCUT2D eigenvalue weighted by atomic mass is 10.1. The number of rotatable bonds is 10. The number of unbranched alkanes of at least 4 members (excludes halogenated alkanes) is 10. The fourth-order valence-electron chi connectivity index (χ4n) is 1.87. The first kappa shape index (κ1) is 16.7. The third-order valence-corrected chi connectivity index (χ3v) is 2.93. The van der Waals surface area contributed by atoms with E-state index in [0.29, 0.717) is 0 Å². The molecule has 0 N–H and O–H groups in total. The zero-order valence-electron chi connectivity index (χ0n) is 11.8. The van der Waals surface area contributed by atoms with Crippen LogP contribution >= 0.6 is 0 Å². The van der Waals surface area contributed by atoms with E-state index in [1.807, 2.05) is 5.92 Å². The molecule has 0 aromatic carbocycles. The van der Waals surface area contributed by atoms with Crippen molar-refractivity contribution in [3.63, 3.8) is 0 Å². The summed E-state index contributed by atoms with van der Waals surface area (Å²) >= 11 is 0. The molecule has 0 heterocycles. The lowest BCUT2D eigenvalue weighted by molar-refractivity contribution is 0.558. The van der Waals surface area contributed by atoms with Crippen molar-refractivity contribution in [2.45, 2.75) is 77.6 Å². The van der Waals surface area contributed by atoms with E-state index in [-0.39, 0.29) is 0 Å². The van der Waals surface area contributed by atoms with Gasteiger partial charge in [-0.3, -0.25) is 0 Å². The molecule has 0 aliphatic rings. The second-order valence-electron chi connectivity index (χ2n) is 4.61. The van der Waals surface area contributed by atoms with Gasteiger partial charge < -0.3 is 0 Å². The molecular weight excluding hydrogens is 216 g/mol. The van der Waals surface area contributed by atoms with Crippen LogP contribution in [0, 0.1) is 36.0 Å². The van der Waals surface area contributed by atoms with Crippen LogP contribution in [0.4, 0.5) is 0 Å². The Morgan fingerprint density at radius 3 is 1.78 bits per heavy atom. The Morgan fingerprint density at radius 1 is 0.667 bits per heavy atom. The van der Waals surface area contributed by atoms with Crippen LogP contribution in [0.3, 0.4) is 0 Å². The normalized spacial score (nSPS) is 8.67. The molecule has 0 saturated carbocycles. The van der Waals surface area contributed by atoms with Gasteiger partial charge in [-0.15, -0.1) is 0 Å². The van der Waals surface area contributed by atoms with Crippen LogP contribution in [-0.4, -0.2) is 0 Å². The molecule has 0 fully saturated rings. The van der Waals surface area contributed by atoms with Gasteiger partial charge in [0, 0.05) is 6.42 Å². The van der Waals surface area contributed by atoms with Gasteiger partial charge >= 0.3 is 0 Å². The molecule has 0 spiro atoms. The second kappa shape index (κ2) is 15.7. The molecule has 0 bridgehead atoms. The van der Waals surface area contributed by atoms with Crippen molar-refractivity contribution < 1.29 is 0 Å². The molecule has 0 amide bonds. The summed E-state index contributed by atoms with van der Waals surface area (Å²) in [6.45, 7) is 2.26. The molecular formula is C18H25. The Balaban J connectivity index is 3.11. The van der Waals surface area contributed by atoms with Crippen molar-refractivity contribution >= 4 is 0 Å². The summed E-state index contributed by atoms with van der Waals surface area (Å²) in [5.74, 6) is 12.7. The molecule has 1 radical (unpaired) electrons. The average molecular weight is 241 g/mol. The number of hydrogen-bond acceptors (Lipinski definition) is 0. The van der Waals surface area contributed by atoms with Crippen LogP contribution in [0.5, 0.6) is 0 Å². The summed E-state index contributed by atoms with van der Waals surface area (Å²) in [6.07, 6.45) is 21.1. The Hall–Kier alpha value is -1.32. The van der Waals surface area contributed by atoms with E-state index in [9.17, 15) is 0 Å². The first-order valence-corrected chi connectivity index (χ1v) is 7.31. The third kappa shape index (κ3) is 14.7. The van der Waals surface area contributed by atoms with Crippen LogP contribution in [0.25, 0.3) is 0 Å². The lowest BCUT2D eigenvalue weighted by Gasteiger charge is -2.00. The van der Waals surface area contributed by atoms with Gasteiger partial charge in [-0.25, -0.2) is 0 Å². The van der Waals surface area contributed by atoms with Crippen molar-refractivity contribution in [2.75, 3.05) is 0 Å². The first-order chi connectivity index (χ1) is 8.91. The zero-order chi connectivity index (χ0) is 13.3. The monoisotopic (exact) mass is 241 g/mol. The van der Waals surface area contributed by atoms with E-state index in [2.05, 4.69) is 30.6 Å². The molecule has 0 aliphatic heterocycles. The average Bonchev–Trinajstić information content (AvgIpc) is 2.39. The van der Waals surface area contributed by atoms with Gasteiger partial charge in [0.25, 0.3) is 0 Å². The molecule has 0 nitrogen and oxygen atoms in total. The largest absolute Gasteiger partial charge is 0.0891 e. The SMILES string of the molecule is [C]#CC#CC#CCCCCCCCCCCCC. The molecule has 0 atom stereocenters. The maximum Gasteiger partial charge on any atom is 0.00989 e. The van der Waals surface area contributed by atoms with Crippen LogP contribution in [0.15, 0.2) is 0 Å². The summed E-state index contributed by atoms with van der Waals surface area (Å²) in [4.78, 5) is 0. The van der Waals surface area contributed by atoms with Gasteiger partial charge in [0.05, 0.1) is 0 Å². The van der Waals surface area contributed by atoms with Crippen LogP contribution < -0.4 is 0 Å². The van der Waals surface area contributed by atoms with E-state index >= 15 is 0 Å². The van der Waals surface area contributed by atoms with E-state index in [4.69, 9.17) is 6.42 Å². The summed E-state index contributed by atoms with van der Waals surface area (Å²) in [5.41, 5.74) is 0. The van der Waals surface area contributed by atoms with Gasteiger partial charge in [0.2, 0.25) is 0 Å². The Labute approximate surface area is 114 Å². The molecule has 0 heteroatoms. The summed E-state index contributed by atoms with van der Waals surface area (Å²) in [6, 6.07) is 0. The Bertz CT molecular complexity index is 321. The van der Waals surface area contributed by atoms with Crippen LogP contribution in [-0.2, 0) is 0 Å². The third-order valence-electron chi connectivity index (χ3n) is 2.93. The van der Waals surface area contributed by atoms with Gasteiger partial charge in [-0.05, 0) is 36.5 Å². The molecule has 18 heavy (non-hydrogen) atoms. The molecule has 0 aliphatic carbocycles. The molecule has 0 aromatic rings. The number of hydrogen-bond donors (Lipinski definition) is 0. The lowest BCUT2D eigenvalue weighted by Crippen LogP contribution is -1.81. The molecule has 0 saturated heterocycles. The van der Waals surface area contributed by atoms with Crippen LogP contribution in [0.1, 0.15) is 77.6 Å². The van der Waals surface area contributed by atoms with E-state index < -0.39 is 0 Å². The minimum Gasteiger partial charge on any atom is -0.0891 e. The predicted molar refractivity (Wildman–Crippen MR) is 79.1 cm³/mol.